The molecule has 2 rings (SSSR count). The molecule has 0 radical (unpaired) electrons. The standard InChI is InChI=1S/C13H11BrF2OS/c1-7-2-10(12(16)5-11(7)15)13(17)4-9-3-8(14)6-18-9/h2-3,5-6,13,17H,4H2,1H3. The summed E-state index contributed by atoms with van der Waals surface area (Å²) >= 11 is 4.80. The molecule has 0 spiro atoms. The van der Waals surface area contributed by atoms with Crippen LogP contribution in [-0.2, 0) is 6.42 Å². The van der Waals surface area contributed by atoms with Crippen LogP contribution in [0.4, 0.5) is 8.78 Å². The van der Waals surface area contributed by atoms with Gasteiger partial charge < -0.3 is 5.11 Å². The first-order valence-electron chi connectivity index (χ1n) is 5.34. The molecule has 2 aromatic rings. The Morgan fingerprint density at radius 2 is 2.00 bits per heavy atom. The molecule has 0 bridgehead atoms. The van der Waals surface area contributed by atoms with Gasteiger partial charge in [0.2, 0.25) is 0 Å². The minimum atomic E-state index is -0.963. The van der Waals surface area contributed by atoms with Crippen molar-refractivity contribution in [3.63, 3.8) is 0 Å². The molecule has 18 heavy (non-hydrogen) atoms. The summed E-state index contributed by atoms with van der Waals surface area (Å²) in [4.78, 5) is 0.941. The Hall–Kier alpha value is -0.780. The fraction of sp³-hybridized carbons (Fsp3) is 0.231. The first-order valence-corrected chi connectivity index (χ1v) is 7.01. The Labute approximate surface area is 116 Å². The summed E-state index contributed by atoms with van der Waals surface area (Å²) in [6.07, 6.45) is -0.645. The van der Waals surface area contributed by atoms with Crippen LogP contribution < -0.4 is 0 Å². The van der Waals surface area contributed by atoms with E-state index in [2.05, 4.69) is 15.9 Å². The van der Waals surface area contributed by atoms with Gasteiger partial charge in [0.1, 0.15) is 11.6 Å². The number of aryl methyl sites for hydroxylation is 1. The van der Waals surface area contributed by atoms with Crippen molar-refractivity contribution in [1.29, 1.82) is 0 Å². The van der Waals surface area contributed by atoms with E-state index in [1.165, 1.54) is 17.4 Å². The average molecular weight is 333 g/mol. The SMILES string of the molecule is Cc1cc(C(O)Cc2cc(Br)cs2)c(F)cc1F. The first kappa shape index (κ1) is 13.6. The monoisotopic (exact) mass is 332 g/mol. The Bertz CT molecular complexity index is 568. The maximum atomic E-state index is 13.6. The topological polar surface area (TPSA) is 20.2 Å². The van der Waals surface area contributed by atoms with Crippen LogP contribution in [0.25, 0.3) is 0 Å². The van der Waals surface area contributed by atoms with E-state index in [9.17, 15) is 13.9 Å². The van der Waals surface area contributed by atoms with Crippen molar-refractivity contribution in [3.05, 3.63) is 55.7 Å². The van der Waals surface area contributed by atoms with Gasteiger partial charge in [0, 0.05) is 32.8 Å². The number of hydrogen-bond donors (Lipinski definition) is 1. The van der Waals surface area contributed by atoms with Crippen molar-refractivity contribution in [1.82, 2.24) is 0 Å². The van der Waals surface area contributed by atoms with Crippen LogP contribution in [0.1, 0.15) is 22.1 Å². The van der Waals surface area contributed by atoms with E-state index in [-0.39, 0.29) is 5.56 Å². The summed E-state index contributed by atoms with van der Waals surface area (Å²) in [5, 5.41) is 11.9. The number of halogens is 3. The number of rotatable bonds is 3. The maximum Gasteiger partial charge on any atom is 0.131 e. The van der Waals surface area contributed by atoms with E-state index in [0.717, 1.165) is 15.4 Å². The smallest absolute Gasteiger partial charge is 0.131 e. The number of aliphatic hydroxyl groups is 1. The molecule has 1 atom stereocenters. The van der Waals surface area contributed by atoms with Crippen molar-refractivity contribution in [2.75, 3.05) is 0 Å². The van der Waals surface area contributed by atoms with Crippen LogP contribution in [-0.4, -0.2) is 5.11 Å². The van der Waals surface area contributed by atoms with Crippen molar-refractivity contribution in [2.24, 2.45) is 0 Å². The third-order valence-corrected chi connectivity index (χ3v) is 4.37. The molecular weight excluding hydrogens is 322 g/mol. The zero-order valence-electron chi connectivity index (χ0n) is 9.58. The molecule has 1 heterocycles. The molecule has 0 saturated heterocycles. The average Bonchev–Trinajstić information content (AvgIpc) is 2.69. The van der Waals surface area contributed by atoms with Gasteiger partial charge >= 0.3 is 0 Å². The van der Waals surface area contributed by atoms with Crippen molar-refractivity contribution < 1.29 is 13.9 Å². The van der Waals surface area contributed by atoms with Gasteiger partial charge in [-0.05, 0) is 40.5 Å². The molecule has 0 aliphatic rings. The third kappa shape index (κ3) is 2.96. The lowest BCUT2D eigenvalue weighted by Gasteiger charge is -2.12. The van der Waals surface area contributed by atoms with E-state index >= 15 is 0 Å². The molecule has 1 nitrogen and oxygen atoms in total. The maximum absolute atomic E-state index is 13.6. The van der Waals surface area contributed by atoms with Gasteiger partial charge in [0.25, 0.3) is 0 Å². The largest absolute Gasteiger partial charge is 0.388 e. The lowest BCUT2D eigenvalue weighted by atomic mass is 10.0. The summed E-state index contributed by atoms with van der Waals surface area (Å²) in [6, 6.07) is 4.05. The van der Waals surface area contributed by atoms with Crippen molar-refractivity contribution >= 4 is 27.3 Å². The predicted octanol–water partition coefficient (Wildman–Crippen LogP) is 4.37. The molecular formula is C13H11BrF2OS. The fourth-order valence-corrected chi connectivity index (χ4v) is 3.19. The lowest BCUT2D eigenvalue weighted by Crippen LogP contribution is -2.05. The van der Waals surface area contributed by atoms with E-state index in [4.69, 9.17) is 0 Å². The molecule has 0 aliphatic carbocycles. The van der Waals surface area contributed by atoms with Gasteiger partial charge in [-0.15, -0.1) is 11.3 Å². The quantitative estimate of drug-likeness (QED) is 0.884. The highest BCUT2D eigenvalue weighted by molar-refractivity contribution is 9.10. The first-order chi connectivity index (χ1) is 8.47. The predicted molar refractivity (Wildman–Crippen MR) is 71.8 cm³/mol. The second kappa shape index (κ2) is 5.47. The highest BCUT2D eigenvalue weighted by Crippen LogP contribution is 2.27. The number of thiophene rings is 1. The highest BCUT2D eigenvalue weighted by Gasteiger charge is 2.16. The molecule has 0 aliphatic heterocycles. The fourth-order valence-electron chi connectivity index (χ4n) is 1.70. The highest BCUT2D eigenvalue weighted by atomic mass is 79.9. The van der Waals surface area contributed by atoms with E-state index in [1.54, 1.807) is 6.92 Å². The molecule has 96 valence electrons. The van der Waals surface area contributed by atoms with Gasteiger partial charge in [0.05, 0.1) is 6.10 Å². The summed E-state index contributed by atoms with van der Waals surface area (Å²) in [6.45, 7) is 1.55. The zero-order valence-corrected chi connectivity index (χ0v) is 12.0. The number of aliphatic hydroxyl groups excluding tert-OH is 1. The van der Waals surface area contributed by atoms with Gasteiger partial charge in [-0.2, -0.15) is 0 Å². The van der Waals surface area contributed by atoms with Gasteiger partial charge in [-0.1, -0.05) is 0 Å². The Kier molecular flexibility index (Phi) is 4.14. The van der Waals surface area contributed by atoms with E-state index in [0.29, 0.717) is 12.0 Å². The van der Waals surface area contributed by atoms with Crippen LogP contribution >= 0.6 is 27.3 Å². The summed E-state index contributed by atoms with van der Waals surface area (Å²) in [7, 11) is 0. The zero-order chi connectivity index (χ0) is 13.3. The van der Waals surface area contributed by atoms with E-state index < -0.39 is 17.7 Å². The van der Waals surface area contributed by atoms with E-state index in [1.807, 2.05) is 11.4 Å². The molecule has 0 saturated carbocycles. The van der Waals surface area contributed by atoms with Crippen molar-refractivity contribution in [3.8, 4) is 0 Å². The van der Waals surface area contributed by atoms with Crippen LogP contribution in [0.5, 0.6) is 0 Å². The summed E-state index contributed by atoms with van der Waals surface area (Å²) in [5.41, 5.74) is 0.469. The molecule has 1 aromatic carbocycles. The molecule has 0 fully saturated rings. The minimum Gasteiger partial charge on any atom is -0.388 e. The number of hydrogen-bond acceptors (Lipinski definition) is 2. The molecule has 5 heteroatoms. The molecule has 1 aromatic heterocycles. The third-order valence-electron chi connectivity index (χ3n) is 2.65. The van der Waals surface area contributed by atoms with Gasteiger partial charge in [-0.25, -0.2) is 8.78 Å². The second-order valence-corrected chi connectivity index (χ2v) is 5.99. The van der Waals surface area contributed by atoms with Gasteiger partial charge in [-0.3, -0.25) is 0 Å². The van der Waals surface area contributed by atoms with Crippen LogP contribution in [0.15, 0.2) is 28.1 Å². The van der Waals surface area contributed by atoms with Crippen LogP contribution in [0.3, 0.4) is 0 Å². The molecule has 1 N–H and O–H groups in total. The summed E-state index contributed by atoms with van der Waals surface area (Å²) < 4.78 is 27.6. The normalized spacial score (nSPS) is 12.7. The van der Waals surface area contributed by atoms with Crippen molar-refractivity contribution in [2.45, 2.75) is 19.4 Å². The minimum absolute atomic E-state index is 0.137. The Morgan fingerprint density at radius 1 is 1.28 bits per heavy atom. The van der Waals surface area contributed by atoms with Crippen LogP contribution in [0.2, 0.25) is 0 Å². The molecule has 1 unspecified atom stereocenters. The summed E-state index contributed by atoms with van der Waals surface area (Å²) in [5.74, 6) is -1.30. The molecule has 0 amide bonds. The number of benzene rings is 1. The second-order valence-electron chi connectivity index (χ2n) is 4.07. The Morgan fingerprint density at radius 3 is 2.61 bits per heavy atom. The Balaban J connectivity index is 2.23. The van der Waals surface area contributed by atoms with Crippen LogP contribution in [0, 0.1) is 18.6 Å². The lowest BCUT2D eigenvalue weighted by molar-refractivity contribution is 0.174. The van der Waals surface area contributed by atoms with Gasteiger partial charge in [0.15, 0.2) is 0 Å².